The van der Waals surface area contributed by atoms with Gasteiger partial charge in [0.05, 0.1) is 6.61 Å². The number of nitrogens with zero attached hydrogens (tertiary/aromatic N) is 2. The summed E-state index contributed by atoms with van der Waals surface area (Å²) in [5, 5.41) is 12.9. The van der Waals surface area contributed by atoms with Crippen molar-refractivity contribution in [2.75, 3.05) is 31.7 Å². The normalized spacial score (nSPS) is 18.0. The molecule has 1 aromatic heterocycles. The number of unbranched alkanes of at least 4 members (excludes halogenated alkanes) is 1. The molecule has 2 heterocycles. The minimum absolute atomic E-state index is 0.0785. The summed E-state index contributed by atoms with van der Waals surface area (Å²) in [6.45, 7) is 7.37. The molecule has 0 radical (unpaired) electrons. The van der Waals surface area contributed by atoms with Gasteiger partial charge in [-0.1, -0.05) is 26.8 Å². The van der Waals surface area contributed by atoms with Crippen LogP contribution in [-0.2, 0) is 17.6 Å². The predicted octanol–water partition coefficient (Wildman–Crippen LogP) is 3.82. The lowest BCUT2D eigenvalue weighted by Crippen LogP contribution is -2.50. The van der Waals surface area contributed by atoms with Crippen LogP contribution in [0, 0.1) is 5.41 Å². The molecule has 0 bridgehead atoms. The Bertz CT molecular complexity index is 648. The van der Waals surface area contributed by atoms with E-state index in [4.69, 9.17) is 9.72 Å². The molecule has 6 nitrogen and oxygen atoms in total. The van der Waals surface area contributed by atoms with Crippen molar-refractivity contribution >= 4 is 11.9 Å². The third-order valence-corrected chi connectivity index (χ3v) is 5.20. The standard InChI is InChI=1S/C21H34FN3O3/c1-21(2,3)18-11-9-15-8-10-17(24-19(15)25(18)20(26)27)7-5-6-12-23-13-16(22)14-28-4/h8,10,16,18,23H,5-7,9,11-14H2,1-4H3,(H,26,27). The van der Waals surface area contributed by atoms with Crippen LogP contribution < -0.4 is 10.2 Å². The maximum atomic E-state index is 13.3. The van der Waals surface area contributed by atoms with E-state index in [1.54, 1.807) is 0 Å². The highest BCUT2D eigenvalue weighted by molar-refractivity contribution is 5.87. The zero-order valence-corrected chi connectivity index (χ0v) is 17.5. The summed E-state index contributed by atoms with van der Waals surface area (Å²) in [7, 11) is 1.49. The minimum Gasteiger partial charge on any atom is -0.465 e. The van der Waals surface area contributed by atoms with Crippen molar-refractivity contribution in [1.82, 2.24) is 10.3 Å². The van der Waals surface area contributed by atoms with Crippen molar-refractivity contribution in [3.8, 4) is 0 Å². The molecule has 2 unspecified atom stereocenters. The number of hydrogen-bond acceptors (Lipinski definition) is 4. The minimum atomic E-state index is -0.981. The topological polar surface area (TPSA) is 74.7 Å². The molecular weight excluding hydrogens is 361 g/mol. The van der Waals surface area contributed by atoms with E-state index in [1.807, 2.05) is 12.1 Å². The number of aryl methyl sites for hydroxylation is 2. The van der Waals surface area contributed by atoms with Crippen LogP contribution >= 0.6 is 0 Å². The average molecular weight is 396 g/mol. The fraction of sp³-hybridized carbons (Fsp3) is 0.714. The Morgan fingerprint density at radius 3 is 2.82 bits per heavy atom. The van der Waals surface area contributed by atoms with Gasteiger partial charge in [0.2, 0.25) is 0 Å². The molecule has 1 aliphatic rings. The average Bonchev–Trinajstić information content (AvgIpc) is 2.62. The van der Waals surface area contributed by atoms with Crippen LogP contribution in [0.1, 0.15) is 51.3 Å². The highest BCUT2D eigenvalue weighted by Gasteiger charge is 2.39. The van der Waals surface area contributed by atoms with Gasteiger partial charge in [-0.05, 0) is 55.7 Å². The zero-order valence-electron chi connectivity index (χ0n) is 17.5. The van der Waals surface area contributed by atoms with Gasteiger partial charge >= 0.3 is 6.09 Å². The maximum absolute atomic E-state index is 13.3. The maximum Gasteiger partial charge on any atom is 0.413 e. The van der Waals surface area contributed by atoms with E-state index < -0.39 is 12.3 Å². The number of methoxy groups -OCH3 is 1. The highest BCUT2D eigenvalue weighted by atomic mass is 19.1. The van der Waals surface area contributed by atoms with Gasteiger partial charge in [0.15, 0.2) is 0 Å². The van der Waals surface area contributed by atoms with Gasteiger partial charge in [-0.15, -0.1) is 0 Å². The second-order valence-corrected chi connectivity index (χ2v) is 8.57. The molecule has 0 fully saturated rings. The molecule has 0 spiro atoms. The van der Waals surface area contributed by atoms with Crippen molar-refractivity contribution in [2.24, 2.45) is 5.41 Å². The van der Waals surface area contributed by atoms with Crippen LogP contribution in [0.3, 0.4) is 0 Å². The number of aromatic nitrogens is 1. The zero-order chi connectivity index (χ0) is 20.7. The van der Waals surface area contributed by atoms with Crippen LogP contribution in [-0.4, -0.2) is 55.2 Å². The Morgan fingerprint density at radius 2 is 2.18 bits per heavy atom. The Balaban J connectivity index is 1.93. The number of carboxylic acid groups (broad SMARTS) is 1. The second-order valence-electron chi connectivity index (χ2n) is 8.57. The van der Waals surface area contributed by atoms with Crippen molar-refractivity contribution in [3.05, 3.63) is 23.4 Å². The van der Waals surface area contributed by atoms with Gasteiger partial charge in [-0.2, -0.15) is 0 Å². The van der Waals surface area contributed by atoms with Gasteiger partial charge in [-0.3, -0.25) is 4.90 Å². The molecule has 7 heteroatoms. The van der Waals surface area contributed by atoms with E-state index >= 15 is 0 Å². The number of alkyl halides is 1. The summed E-state index contributed by atoms with van der Waals surface area (Å²) in [5.74, 6) is 0.592. The Morgan fingerprint density at radius 1 is 1.43 bits per heavy atom. The third-order valence-electron chi connectivity index (χ3n) is 5.20. The van der Waals surface area contributed by atoms with Crippen molar-refractivity contribution in [2.45, 2.75) is 65.1 Å². The van der Waals surface area contributed by atoms with Crippen LogP contribution in [0.4, 0.5) is 15.0 Å². The van der Waals surface area contributed by atoms with E-state index in [2.05, 4.69) is 26.1 Å². The molecule has 1 aromatic rings. The van der Waals surface area contributed by atoms with E-state index in [-0.39, 0.29) is 18.1 Å². The fourth-order valence-electron chi connectivity index (χ4n) is 3.73. The number of fused-ring (bicyclic) bond motifs is 1. The van der Waals surface area contributed by atoms with E-state index in [0.717, 1.165) is 49.9 Å². The molecule has 2 N–H and O–H groups in total. The first-order valence-electron chi connectivity index (χ1n) is 10.1. The highest BCUT2D eigenvalue weighted by Crippen LogP contribution is 2.37. The van der Waals surface area contributed by atoms with Crippen molar-refractivity contribution in [1.29, 1.82) is 0 Å². The molecule has 2 rings (SSSR count). The quantitative estimate of drug-likeness (QED) is 0.622. The van der Waals surface area contributed by atoms with Crippen molar-refractivity contribution in [3.63, 3.8) is 0 Å². The number of pyridine rings is 1. The second kappa shape index (κ2) is 10.2. The molecule has 0 aromatic carbocycles. The first-order valence-corrected chi connectivity index (χ1v) is 10.1. The summed E-state index contributed by atoms with van der Waals surface area (Å²) >= 11 is 0. The molecule has 28 heavy (non-hydrogen) atoms. The number of anilines is 1. The largest absolute Gasteiger partial charge is 0.465 e. The SMILES string of the molecule is COCC(F)CNCCCCc1ccc2c(n1)N(C(=O)O)C(C(C)(C)C)CC2. The number of nitrogens with one attached hydrogen (secondary N) is 1. The van der Waals surface area contributed by atoms with E-state index in [9.17, 15) is 14.3 Å². The Kier molecular flexibility index (Phi) is 8.19. The number of ether oxygens (including phenoxy) is 1. The van der Waals surface area contributed by atoms with Crippen LogP contribution in [0.15, 0.2) is 12.1 Å². The first kappa shape index (κ1) is 22.6. The number of hydrogen-bond donors (Lipinski definition) is 2. The summed E-state index contributed by atoms with van der Waals surface area (Å²) in [5.41, 5.74) is 1.76. The van der Waals surface area contributed by atoms with E-state index in [0.29, 0.717) is 12.4 Å². The van der Waals surface area contributed by atoms with Crippen molar-refractivity contribution < 1.29 is 19.0 Å². The van der Waals surface area contributed by atoms with Gasteiger partial charge in [-0.25, -0.2) is 14.2 Å². The molecule has 2 atom stereocenters. The number of halogens is 1. The van der Waals surface area contributed by atoms with Crippen LogP contribution in [0.2, 0.25) is 0 Å². The predicted molar refractivity (Wildman–Crippen MR) is 109 cm³/mol. The Hall–Kier alpha value is -1.73. The summed E-state index contributed by atoms with van der Waals surface area (Å²) in [6.07, 6.45) is 2.34. The summed E-state index contributed by atoms with van der Waals surface area (Å²) in [6, 6.07) is 3.94. The summed E-state index contributed by atoms with van der Waals surface area (Å²) in [4.78, 5) is 18.1. The van der Waals surface area contributed by atoms with Gasteiger partial charge in [0.1, 0.15) is 12.0 Å². The molecule has 1 amide bonds. The Labute approximate surface area is 167 Å². The lowest BCUT2D eigenvalue weighted by atomic mass is 9.80. The molecule has 158 valence electrons. The van der Waals surface area contributed by atoms with Crippen LogP contribution in [0.5, 0.6) is 0 Å². The lowest BCUT2D eigenvalue weighted by molar-refractivity contribution is 0.123. The fourth-order valence-corrected chi connectivity index (χ4v) is 3.73. The number of rotatable bonds is 9. The van der Waals surface area contributed by atoms with Gasteiger partial charge in [0, 0.05) is 25.4 Å². The first-order chi connectivity index (χ1) is 13.2. The molecule has 0 saturated heterocycles. The molecular formula is C21H34FN3O3. The third kappa shape index (κ3) is 6.14. The summed E-state index contributed by atoms with van der Waals surface area (Å²) < 4.78 is 18.1. The monoisotopic (exact) mass is 395 g/mol. The van der Waals surface area contributed by atoms with Crippen LogP contribution in [0.25, 0.3) is 0 Å². The van der Waals surface area contributed by atoms with Gasteiger partial charge < -0.3 is 15.2 Å². The molecule has 1 aliphatic heterocycles. The van der Waals surface area contributed by atoms with Gasteiger partial charge in [0.25, 0.3) is 0 Å². The van der Waals surface area contributed by atoms with E-state index in [1.165, 1.54) is 12.0 Å². The molecule has 0 saturated carbocycles. The number of carbonyl (C=O) groups is 1. The smallest absolute Gasteiger partial charge is 0.413 e. The lowest BCUT2D eigenvalue weighted by Gasteiger charge is -2.41. The molecule has 0 aliphatic carbocycles. The number of amides is 1.